The summed E-state index contributed by atoms with van der Waals surface area (Å²) in [6.07, 6.45) is 0.347. The van der Waals surface area contributed by atoms with E-state index in [9.17, 15) is 4.79 Å². The first kappa shape index (κ1) is 16.1. The maximum atomic E-state index is 11.9. The third-order valence-corrected chi connectivity index (χ3v) is 4.20. The number of nitrogens with one attached hydrogen (secondary N) is 2. The molecule has 1 heterocycles. The molecular weight excluding hydrogens is 300 g/mol. The zero-order chi connectivity index (χ0) is 16.9. The number of amides is 1. The predicted molar refractivity (Wildman–Crippen MR) is 96.2 cm³/mol. The largest absolute Gasteiger partial charge is 0.493 e. The van der Waals surface area contributed by atoms with Crippen LogP contribution in [0.5, 0.6) is 5.75 Å². The Hall–Kier alpha value is -2.75. The van der Waals surface area contributed by atoms with Crippen molar-refractivity contribution in [3.63, 3.8) is 0 Å². The number of fused-ring (bicyclic) bond motifs is 1. The van der Waals surface area contributed by atoms with Crippen molar-refractivity contribution in [3.8, 4) is 5.75 Å². The van der Waals surface area contributed by atoms with Gasteiger partial charge in [-0.25, -0.2) is 0 Å². The van der Waals surface area contributed by atoms with E-state index in [4.69, 9.17) is 4.74 Å². The summed E-state index contributed by atoms with van der Waals surface area (Å²) in [6.45, 7) is 5.09. The van der Waals surface area contributed by atoms with Gasteiger partial charge in [0.1, 0.15) is 5.75 Å². The molecule has 1 amide bonds. The average molecular weight is 322 g/mol. The first-order valence-electron chi connectivity index (χ1n) is 8.16. The molecule has 0 aliphatic heterocycles. The Labute approximate surface area is 141 Å². The Bertz CT molecular complexity index is 837. The van der Waals surface area contributed by atoms with Crippen molar-refractivity contribution < 1.29 is 9.53 Å². The molecule has 0 radical (unpaired) electrons. The highest BCUT2D eigenvalue weighted by atomic mass is 16.5. The molecule has 0 unspecified atom stereocenters. The van der Waals surface area contributed by atoms with Crippen LogP contribution in [-0.4, -0.2) is 17.5 Å². The predicted octanol–water partition coefficient (Wildman–Crippen LogP) is 3.87. The van der Waals surface area contributed by atoms with E-state index >= 15 is 0 Å². The Balaban J connectivity index is 1.50. The number of aromatic amines is 1. The fourth-order valence-corrected chi connectivity index (χ4v) is 2.69. The van der Waals surface area contributed by atoms with E-state index < -0.39 is 0 Å². The molecule has 124 valence electrons. The third-order valence-electron chi connectivity index (χ3n) is 4.20. The second kappa shape index (κ2) is 7.21. The maximum absolute atomic E-state index is 11.9. The topological polar surface area (TPSA) is 54.1 Å². The van der Waals surface area contributed by atoms with Gasteiger partial charge in [0.15, 0.2) is 0 Å². The van der Waals surface area contributed by atoms with E-state index in [0.717, 1.165) is 16.8 Å². The van der Waals surface area contributed by atoms with Crippen molar-refractivity contribution in [1.82, 2.24) is 10.3 Å². The van der Waals surface area contributed by atoms with Crippen LogP contribution in [0.25, 0.3) is 10.9 Å². The standard InChI is InChI=1S/C20H22N2O2/c1-14-15(2)22-19-9-8-16(12-18(14)19)13-21-20(23)10-11-24-17-6-4-3-5-7-17/h3-9,12,22H,10-11,13H2,1-2H3,(H,21,23). The number of H-pyrrole nitrogens is 1. The Kier molecular flexibility index (Phi) is 4.85. The molecule has 3 rings (SSSR count). The molecule has 0 spiro atoms. The molecule has 0 atom stereocenters. The summed E-state index contributed by atoms with van der Waals surface area (Å²) in [6, 6.07) is 15.8. The molecule has 0 saturated carbocycles. The number of para-hydroxylation sites is 1. The second-order valence-corrected chi connectivity index (χ2v) is 5.94. The number of aryl methyl sites for hydroxylation is 2. The monoisotopic (exact) mass is 322 g/mol. The number of rotatable bonds is 6. The van der Waals surface area contributed by atoms with E-state index in [1.165, 1.54) is 16.6 Å². The molecule has 0 saturated heterocycles. The zero-order valence-corrected chi connectivity index (χ0v) is 14.1. The van der Waals surface area contributed by atoms with Crippen LogP contribution < -0.4 is 10.1 Å². The minimum atomic E-state index is -0.00648. The van der Waals surface area contributed by atoms with Crippen LogP contribution in [0.3, 0.4) is 0 Å². The zero-order valence-electron chi connectivity index (χ0n) is 14.1. The number of ether oxygens (including phenoxy) is 1. The molecule has 1 aromatic heterocycles. The van der Waals surface area contributed by atoms with Crippen LogP contribution >= 0.6 is 0 Å². The summed E-state index contributed by atoms with van der Waals surface area (Å²) in [4.78, 5) is 15.3. The molecule has 0 aliphatic carbocycles. The van der Waals surface area contributed by atoms with E-state index in [1.54, 1.807) is 0 Å². The minimum Gasteiger partial charge on any atom is -0.493 e. The smallest absolute Gasteiger partial charge is 0.223 e. The van der Waals surface area contributed by atoms with Crippen molar-refractivity contribution in [1.29, 1.82) is 0 Å². The lowest BCUT2D eigenvalue weighted by Crippen LogP contribution is -2.24. The van der Waals surface area contributed by atoms with Gasteiger partial charge in [0.25, 0.3) is 0 Å². The van der Waals surface area contributed by atoms with Gasteiger partial charge < -0.3 is 15.0 Å². The van der Waals surface area contributed by atoms with Crippen LogP contribution in [-0.2, 0) is 11.3 Å². The maximum Gasteiger partial charge on any atom is 0.223 e. The fourth-order valence-electron chi connectivity index (χ4n) is 2.69. The molecule has 2 N–H and O–H groups in total. The molecule has 0 fully saturated rings. The van der Waals surface area contributed by atoms with Gasteiger partial charge in [0.05, 0.1) is 13.0 Å². The van der Waals surface area contributed by atoms with Crippen molar-refractivity contribution in [2.45, 2.75) is 26.8 Å². The summed E-state index contributed by atoms with van der Waals surface area (Å²) < 4.78 is 5.54. The van der Waals surface area contributed by atoms with E-state index in [2.05, 4.69) is 36.3 Å². The van der Waals surface area contributed by atoms with Gasteiger partial charge in [0.2, 0.25) is 5.91 Å². The lowest BCUT2D eigenvalue weighted by Gasteiger charge is -2.07. The number of carbonyl (C=O) groups is 1. The van der Waals surface area contributed by atoms with Crippen LogP contribution in [0.1, 0.15) is 23.2 Å². The molecule has 0 aliphatic rings. The van der Waals surface area contributed by atoms with Gasteiger partial charge in [-0.2, -0.15) is 0 Å². The van der Waals surface area contributed by atoms with Gasteiger partial charge in [0, 0.05) is 23.1 Å². The van der Waals surface area contributed by atoms with E-state index in [-0.39, 0.29) is 5.91 Å². The third kappa shape index (κ3) is 3.77. The molecule has 24 heavy (non-hydrogen) atoms. The summed E-state index contributed by atoms with van der Waals surface area (Å²) in [5.74, 6) is 0.780. The lowest BCUT2D eigenvalue weighted by atomic mass is 10.1. The number of benzene rings is 2. The number of hydrogen-bond acceptors (Lipinski definition) is 2. The SMILES string of the molecule is Cc1[nH]c2ccc(CNC(=O)CCOc3ccccc3)cc2c1C. The molecule has 4 nitrogen and oxygen atoms in total. The normalized spacial score (nSPS) is 10.8. The quantitative estimate of drug-likeness (QED) is 0.724. The molecule has 2 aromatic carbocycles. The molecule has 0 bridgehead atoms. The van der Waals surface area contributed by atoms with Crippen LogP contribution in [0, 0.1) is 13.8 Å². The highest BCUT2D eigenvalue weighted by Gasteiger charge is 2.06. The Morgan fingerprint density at radius 2 is 1.92 bits per heavy atom. The molecule has 3 aromatic rings. The number of carbonyl (C=O) groups excluding carboxylic acids is 1. The van der Waals surface area contributed by atoms with Gasteiger partial charge >= 0.3 is 0 Å². The van der Waals surface area contributed by atoms with Gasteiger partial charge in [-0.15, -0.1) is 0 Å². The number of hydrogen-bond donors (Lipinski definition) is 2. The fraction of sp³-hybridized carbons (Fsp3) is 0.250. The van der Waals surface area contributed by atoms with Crippen molar-refractivity contribution >= 4 is 16.8 Å². The summed E-state index contributed by atoms with van der Waals surface area (Å²) in [5.41, 5.74) is 4.68. The van der Waals surface area contributed by atoms with Gasteiger partial charge in [-0.05, 0) is 49.2 Å². The Morgan fingerprint density at radius 1 is 1.12 bits per heavy atom. The van der Waals surface area contributed by atoms with Crippen molar-refractivity contribution in [3.05, 3.63) is 65.4 Å². The van der Waals surface area contributed by atoms with E-state index in [1.807, 2.05) is 36.4 Å². The summed E-state index contributed by atoms with van der Waals surface area (Å²) >= 11 is 0. The summed E-state index contributed by atoms with van der Waals surface area (Å²) in [5, 5.41) is 4.16. The van der Waals surface area contributed by atoms with Crippen molar-refractivity contribution in [2.75, 3.05) is 6.61 Å². The second-order valence-electron chi connectivity index (χ2n) is 5.94. The number of aromatic nitrogens is 1. The van der Waals surface area contributed by atoms with Gasteiger partial charge in [-0.3, -0.25) is 4.79 Å². The average Bonchev–Trinajstić information content (AvgIpc) is 2.88. The minimum absolute atomic E-state index is 0.00648. The van der Waals surface area contributed by atoms with Crippen molar-refractivity contribution in [2.24, 2.45) is 0 Å². The molecule has 4 heteroatoms. The van der Waals surface area contributed by atoms with E-state index in [0.29, 0.717) is 19.6 Å². The molecular formula is C20H22N2O2. The first-order chi connectivity index (χ1) is 11.6. The summed E-state index contributed by atoms with van der Waals surface area (Å²) in [7, 11) is 0. The Morgan fingerprint density at radius 3 is 2.71 bits per heavy atom. The lowest BCUT2D eigenvalue weighted by molar-refractivity contribution is -0.121. The van der Waals surface area contributed by atoms with Gasteiger partial charge in [-0.1, -0.05) is 24.3 Å². The van der Waals surface area contributed by atoms with Crippen LogP contribution in [0.15, 0.2) is 48.5 Å². The highest BCUT2D eigenvalue weighted by Crippen LogP contribution is 2.22. The van der Waals surface area contributed by atoms with Crippen LogP contribution in [0.4, 0.5) is 0 Å². The highest BCUT2D eigenvalue weighted by molar-refractivity contribution is 5.85. The first-order valence-corrected chi connectivity index (χ1v) is 8.16. The van der Waals surface area contributed by atoms with Crippen LogP contribution in [0.2, 0.25) is 0 Å².